The van der Waals surface area contributed by atoms with E-state index in [1.807, 2.05) is 13.0 Å². The summed E-state index contributed by atoms with van der Waals surface area (Å²) in [4.78, 5) is 15.9. The summed E-state index contributed by atoms with van der Waals surface area (Å²) in [5.74, 6) is 1.10. The van der Waals surface area contributed by atoms with E-state index in [1.165, 1.54) is 0 Å². The molecule has 1 aromatic heterocycles. The third kappa shape index (κ3) is 2.51. The third-order valence-corrected chi connectivity index (χ3v) is 3.00. The molecular weight excluding hydrogens is 278 g/mol. The van der Waals surface area contributed by atoms with Crippen LogP contribution in [0.1, 0.15) is 17.1 Å². The molecule has 0 saturated heterocycles. The van der Waals surface area contributed by atoms with Gasteiger partial charge in [-0.25, -0.2) is 9.79 Å². The average Bonchev–Trinajstić information content (AvgIpc) is 2.98. The van der Waals surface area contributed by atoms with E-state index in [0.717, 1.165) is 5.76 Å². The number of ether oxygens (including phenoxy) is 1. The van der Waals surface area contributed by atoms with Gasteiger partial charge >= 0.3 is 5.97 Å². The number of rotatable bonds is 2. The molecule has 20 heavy (non-hydrogen) atoms. The molecule has 1 aromatic carbocycles. The number of carbonyl (C=O) groups is 1. The van der Waals surface area contributed by atoms with Crippen molar-refractivity contribution < 1.29 is 13.9 Å². The molecule has 3 rings (SSSR count). The summed E-state index contributed by atoms with van der Waals surface area (Å²) in [6, 6.07) is 10.5. The van der Waals surface area contributed by atoms with Gasteiger partial charge in [0.1, 0.15) is 11.5 Å². The summed E-state index contributed by atoms with van der Waals surface area (Å²) in [7, 11) is 0. The number of halogens is 1. The van der Waals surface area contributed by atoms with Crippen molar-refractivity contribution in [3.05, 3.63) is 64.2 Å². The number of hydrogen-bond donors (Lipinski definition) is 0. The van der Waals surface area contributed by atoms with Crippen LogP contribution >= 0.6 is 11.6 Å². The molecule has 100 valence electrons. The molecule has 5 heteroatoms. The zero-order valence-electron chi connectivity index (χ0n) is 10.6. The van der Waals surface area contributed by atoms with Crippen LogP contribution in [0.15, 0.2) is 51.5 Å². The Morgan fingerprint density at radius 2 is 1.90 bits per heavy atom. The highest BCUT2D eigenvalue weighted by Gasteiger charge is 2.24. The largest absolute Gasteiger partial charge is 0.462 e. The molecule has 0 atom stereocenters. The summed E-state index contributed by atoms with van der Waals surface area (Å²) in [6.07, 6.45) is 1.55. The van der Waals surface area contributed by atoms with E-state index in [2.05, 4.69) is 4.99 Å². The molecule has 1 aliphatic rings. The molecule has 0 N–H and O–H groups in total. The van der Waals surface area contributed by atoms with E-state index in [-0.39, 0.29) is 11.6 Å². The van der Waals surface area contributed by atoms with Gasteiger partial charge in [0.15, 0.2) is 5.70 Å². The van der Waals surface area contributed by atoms with Crippen LogP contribution < -0.4 is 0 Å². The highest BCUT2D eigenvalue weighted by Crippen LogP contribution is 2.20. The van der Waals surface area contributed by atoms with Crippen LogP contribution in [0.5, 0.6) is 0 Å². The first-order valence-corrected chi connectivity index (χ1v) is 6.34. The van der Waals surface area contributed by atoms with Crippen molar-refractivity contribution in [3.63, 3.8) is 0 Å². The number of benzene rings is 1. The minimum absolute atomic E-state index is 0.212. The zero-order valence-corrected chi connectivity index (χ0v) is 11.3. The molecule has 0 fully saturated rings. The smallest absolute Gasteiger partial charge is 0.363 e. The van der Waals surface area contributed by atoms with E-state index in [4.69, 9.17) is 20.8 Å². The van der Waals surface area contributed by atoms with Gasteiger partial charge in [0, 0.05) is 16.7 Å². The minimum atomic E-state index is -0.496. The molecule has 0 saturated carbocycles. The highest BCUT2D eigenvalue weighted by molar-refractivity contribution is 6.30. The van der Waals surface area contributed by atoms with E-state index in [0.29, 0.717) is 16.3 Å². The van der Waals surface area contributed by atoms with Gasteiger partial charge < -0.3 is 9.15 Å². The summed E-state index contributed by atoms with van der Waals surface area (Å²) in [6.45, 7) is 1.83. The molecular formula is C15H10ClNO3. The number of hydrogen-bond acceptors (Lipinski definition) is 4. The normalized spacial score (nSPS) is 16.4. The Labute approximate surface area is 120 Å². The standard InChI is InChI=1S/C15H10ClNO3/c1-9-2-7-12(19-9)8-13-15(18)20-14(17-13)10-3-5-11(16)6-4-10/h2-8H,1H3. The Hall–Kier alpha value is -2.33. The summed E-state index contributed by atoms with van der Waals surface area (Å²) in [5, 5.41) is 0.612. The van der Waals surface area contributed by atoms with Gasteiger partial charge in [-0.1, -0.05) is 11.6 Å². The van der Waals surface area contributed by atoms with Crippen LogP contribution in [-0.2, 0) is 9.53 Å². The van der Waals surface area contributed by atoms with Gasteiger partial charge in [0.25, 0.3) is 0 Å². The number of nitrogens with zero attached hydrogens (tertiary/aromatic N) is 1. The van der Waals surface area contributed by atoms with Gasteiger partial charge in [0.05, 0.1) is 0 Å². The molecule has 0 bridgehead atoms. The van der Waals surface area contributed by atoms with Crippen molar-refractivity contribution in [2.24, 2.45) is 4.99 Å². The number of aryl methyl sites for hydroxylation is 1. The van der Waals surface area contributed by atoms with Gasteiger partial charge in [-0.3, -0.25) is 0 Å². The molecule has 4 nitrogen and oxygen atoms in total. The lowest BCUT2D eigenvalue weighted by molar-refractivity contribution is -0.129. The molecule has 0 amide bonds. The Bertz CT molecular complexity index is 726. The molecule has 2 aromatic rings. The molecule has 0 aliphatic carbocycles. The van der Waals surface area contributed by atoms with Gasteiger partial charge in [-0.2, -0.15) is 0 Å². The SMILES string of the molecule is Cc1ccc(C=C2N=C(c3ccc(Cl)cc3)OC2=O)o1. The van der Waals surface area contributed by atoms with Crippen molar-refractivity contribution in [2.75, 3.05) is 0 Å². The van der Waals surface area contributed by atoms with Gasteiger partial charge in [-0.15, -0.1) is 0 Å². The molecule has 0 unspecified atom stereocenters. The Kier molecular flexibility index (Phi) is 3.16. The summed E-state index contributed by atoms with van der Waals surface area (Å²) >= 11 is 5.81. The van der Waals surface area contributed by atoms with E-state index in [9.17, 15) is 4.79 Å². The number of aliphatic imine (C=N–C) groups is 1. The van der Waals surface area contributed by atoms with Crippen molar-refractivity contribution in [1.29, 1.82) is 0 Å². The molecule has 0 radical (unpaired) electrons. The maximum absolute atomic E-state index is 11.8. The first-order chi connectivity index (χ1) is 9.61. The Balaban J connectivity index is 1.92. The van der Waals surface area contributed by atoms with Crippen LogP contribution in [0.25, 0.3) is 6.08 Å². The zero-order chi connectivity index (χ0) is 14.1. The minimum Gasteiger partial charge on any atom is -0.462 e. The van der Waals surface area contributed by atoms with E-state index < -0.39 is 5.97 Å². The Morgan fingerprint density at radius 3 is 2.55 bits per heavy atom. The second kappa shape index (κ2) is 4.98. The molecule has 0 spiro atoms. The maximum Gasteiger partial charge on any atom is 0.363 e. The summed E-state index contributed by atoms with van der Waals surface area (Å²) < 4.78 is 10.5. The quantitative estimate of drug-likeness (QED) is 0.626. The topological polar surface area (TPSA) is 51.8 Å². The van der Waals surface area contributed by atoms with Gasteiger partial charge in [-0.05, 0) is 43.3 Å². The van der Waals surface area contributed by atoms with Crippen LogP contribution in [0.4, 0.5) is 0 Å². The first kappa shape index (κ1) is 12.7. The van der Waals surface area contributed by atoms with Crippen molar-refractivity contribution in [3.8, 4) is 0 Å². The lowest BCUT2D eigenvalue weighted by atomic mass is 10.2. The fraction of sp³-hybridized carbons (Fsp3) is 0.0667. The predicted molar refractivity (Wildman–Crippen MR) is 75.5 cm³/mol. The summed E-state index contributed by atoms with van der Waals surface area (Å²) in [5.41, 5.74) is 0.908. The van der Waals surface area contributed by atoms with E-state index >= 15 is 0 Å². The van der Waals surface area contributed by atoms with Crippen molar-refractivity contribution in [2.45, 2.75) is 6.92 Å². The van der Waals surface area contributed by atoms with Crippen LogP contribution in [0, 0.1) is 6.92 Å². The lowest BCUT2D eigenvalue weighted by Gasteiger charge is -1.98. The predicted octanol–water partition coefficient (Wildman–Crippen LogP) is 3.59. The van der Waals surface area contributed by atoms with Gasteiger partial charge in [0.2, 0.25) is 5.90 Å². The first-order valence-electron chi connectivity index (χ1n) is 5.97. The number of esters is 1. The van der Waals surface area contributed by atoms with Crippen LogP contribution in [0.3, 0.4) is 0 Å². The Morgan fingerprint density at radius 1 is 1.15 bits per heavy atom. The second-order valence-corrected chi connectivity index (χ2v) is 4.73. The number of furan rings is 1. The second-order valence-electron chi connectivity index (χ2n) is 4.29. The number of carbonyl (C=O) groups excluding carboxylic acids is 1. The average molecular weight is 288 g/mol. The highest BCUT2D eigenvalue weighted by atomic mass is 35.5. The molecule has 2 heterocycles. The third-order valence-electron chi connectivity index (χ3n) is 2.75. The van der Waals surface area contributed by atoms with Crippen molar-refractivity contribution in [1.82, 2.24) is 0 Å². The van der Waals surface area contributed by atoms with Crippen LogP contribution in [0.2, 0.25) is 5.02 Å². The van der Waals surface area contributed by atoms with Crippen LogP contribution in [-0.4, -0.2) is 11.9 Å². The van der Waals surface area contributed by atoms with E-state index in [1.54, 1.807) is 36.4 Å². The monoisotopic (exact) mass is 287 g/mol. The number of cyclic esters (lactones) is 1. The maximum atomic E-state index is 11.8. The fourth-order valence-electron chi connectivity index (χ4n) is 1.79. The fourth-order valence-corrected chi connectivity index (χ4v) is 1.92. The molecule has 1 aliphatic heterocycles. The van der Waals surface area contributed by atoms with Crippen molar-refractivity contribution >= 4 is 29.5 Å². The lowest BCUT2D eigenvalue weighted by Crippen LogP contribution is -2.05.